The number of rotatable bonds is 4. The molecule has 0 aromatic heterocycles. The van der Waals surface area contributed by atoms with Gasteiger partial charge in [-0.2, -0.15) is 4.31 Å². The molecule has 1 saturated heterocycles. The molecule has 1 fully saturated rings. The fraction of sp³-hybridized carbons (Fsp3) is 0.462. The number of hydrogen-bond donors (Lipinski definition) is 2. The first-order valence-corrected chi connectivity index (χ1v) is 8.79. The summed E-state index contributed by atoms with van der Waals surface area (Å²) in [7, 11) is -3.67. The molecule has 3 N–H and O–H groups in total. The van der Waals surface area contributed by atoms with Crippen molar-refractivity contribution in [2.24, 2.45) is 11.7 Å². The van der Waals surface area contributed by atoms with Gasteiger partial charge in [0.05, 0.1) is 5.02 Å². The Hall–Kier alpha value is -0.730. The maximum Gasteiger partial charge on any atom is 0.244 e. The van der Waals surface area contributed by atoms with Crippen molar-refractivity contribution in [1.29, 1.82) is 0 Å². The van der Waals surface area contributed by atoms with E-state index in [9.17, 15) is 13.5 Å². The minimum atomic E-state index is -3.67. The van der Waals surface area contributed by atoms with Crippen molar-refractivity contribution in [2.45, 2.75) is 17.7 Å². The number of aliphatic hydroxyl groups excluding tert-OH is 1. The Kier molecular flexibility index (Phi) is 5.21. The minimum absolute atomic E-state index is 0.0138. The van der Waals surface area contributed by atoms with Crippen LogP contribution in [0.2, 0.25) is 5.02 Å². The molecule has 1 aliphatic heterocycles. The molecule has 8 heteroatoms. The Labute approximate surface area is 134 Å². The highest BCUT2D eigenvalue weighted by molar-refractivity contribution is 7.89. The van der Waals surface area contributed by atoms with E-state index >= 15 is 0 Å². The number of halogens is 1. The highest BCUT2D eigenvalue weighted by Crippen LogP contribution is 2.29. The fourth-order valence-electron chi connectivity index (χ4n) is 2.40. The van der Waals surface area contributed by atoms with Crippen molar-refractivity contribution in [3.05, 3.63) is 28.8 Å². The monoisotopic (exact) mass is 348 g/mol. The second-order valence-corrected chi connectivity index (χ2v) is 7.82. The number of aliphatic hydroxyl groups is 1. The Morgan fingerprint density at radius 1 is 1.52 bits per heavy atom. The zero-order valence-corrected chi connectivity index (χ0v) is 13.7. The number of nitrogens with zero attached hydrogens (tertiary/aromatic N) is 1. The van der Waals surface area contributed by atoms with Crippen LogP contribution in [0.1, 0.15) is 18.4 Å². The van der Waals surface area contributed by atoms with E-state index in [4.69, 9.17) is 29.6 Å². The molecule has 0 spiro atoms. The van der Waals surface area contributed by atoms with Crippen molar-refractivity contribution >= 4 is 38.8 Å². The van der Waals surface area contributed by atoms with Crippen molar-refractivity contribution < 1.29 is 13.5 Å². The third-order valence-corrected chi connectivity index (χ3v) is 6.16. The van der Waals surface area contributed by atoms with Crippen molar-refractivity contribution in [3.8, 4) is 0 Å². The van der Waals surface area contributed by atoms with Crippen molar-refractivity contribution in [2.75, 3.05) is 19.7 Å². The summed E-state index contributed by atoms with van der Waals surface area (Å²) >= 11 is 10.9. The molecular formula is C13H17ClN2O3S2. The van der Waals surface area contributed by atoms with E-state index in [-0.39, 0.29) is 27.4 Å². The lowest BCUT2D eigenvalue weighted by molar-refractivity contribution is 0.165. The maximum absolute atomic E-state index is 12.6. The Balaban J connectivity index is 2.33. The van der Waals surface area contributed by atoms with Gasteiger partial charge < -0.3 is 10.8 Å². The molecular weight excluding hydrogens is 332 g/mol. The normalized spacial score (nSPS) is 20.4. The van der Waals surface area contributed by atoms with Gasteiger partial charge >= 0.3 is 0 Å². The molecule has 0 bridgehead atoms. The largest absolute Gasteiger partial charge is 0.396 e. The molecule has 2 rings (SSSR count). The van der Waals surface area contributed by atoms with Gasteiger partial charge in [-0.25, -0.2) is 8.42 Å². The van der Waals surface area contributed by atoms with Gasteiger partial charge in [0.1, 0.15) is 9.88 Å². The molecule has 1 heterocycles. The molecule has 1 unspecified atom stereocenters. The second kappa shape index (κ2) is 6.58. The van der Waals surface area contributed by atoms with Gasteiger partial charge in [0.2, 0.25) is 10.0 Å². The van der Waals surface area contributed by atoms with E-state index in [0.717, 1.165) is 12.8 Å². The molecule has 0 saturated carbocycles. The number of benzene rings is 1. The molecule has 21 heavy (non-hydrogen) atoms. The number of thiocarbonyl (C=S) groups is 1. The third kappa shape index (κ3) is 3.54. The summed E-state index contributed by atoms with van der Waals surface area (Å²) in [5.74, 6) is -0.0248. The highest BCUT2D eigenvalue weighted by atomic mass is 35.5. The van der Waals surface area contributed by atoms with Crippen LogP contribution in [0.5, 0.6) is 0 Å². The maximum atomic E-state index is 12.6. The minimum Gasteiger partial charge on any atom is -0.396 e. The summed E-state index contributed by atoms with van der Waals surface area (Å²) in [6.45, 7) is 0.735. The van der Waals surface area contributed by atoms with E-state index in [2.05, 4.69) is 0 Å². The first-order valence-electron chi connectivity index (χ1n) is 6.56. The summed E-state index contributed by atoms with van der Waals surface area (Å²) in [6, 6.07) is 4.44. The van der Waals surface area contributed by atoms with Crippen LogP contribution in [-0.2, 0) is 10.0 Å². The average molecular weight is 349 g/mol. The van der Waals surface area contributed by atoms with Crippen LogP contribution in [0.4, 0.5) is 0 Å². The van der Waals surface area contributed by atoms with E-state index in [1.807, 2.05) is 0 Å². The van der Waals surface area contributed by atoms with Gasteiger partial charge in [0.15, 0.2) is 0 Å². The van der Waals surface area contributed by atoms with E-state index in [1.54, 1.807) is 6.07 Å². The number of piperidine rings is 1. The predicted molar refractivity (Wildman–Crippen MR) is 85.9 cm³/mol. The van der Waals surface area contributed by atoms with Gasteiger partial charge in [-0.1, -0.05) is 29.9 Å². The summed E-state index contributed by atoms with van der Waals surface area (Å²) in [4.78, 5) is 0.210. The lowest BCUT2D eigenvalue weighted by Gasteiger charge is -2.31. The predicted octanol–water partition coefficient (Wildman–Crippen LogP) is 1.37. The molecule has 1 aromatic rings. The number of hydrogen-bond acceptors (Lipinski definition) is 4. The van der Waals surface area contributed by atoms with Crippen LogP contribution < -0.4 is 5.73 Å². The SMILES string of the molecule is NC(=S)c1ccc(S(=O)(=O)N2CCCC(CO)C2)c(Cl)c1. The Morgan fingerprint density at radius 2 is 2.24 bits per heavy atom. The third-order valence-electron chi connectivity index (χ3n) is 3.57. The Morgan fingerprint density at radius 3 is 2.81 bits per heavy atom. The molecule has 0 amide bonds. The summed E-state index contributed by atoms with van der Waals surface area (Å²) in [5, 5.41) is 9.32. The molecule has 1 aromatic carbocycles. The molecule has 5 nitrogen and oxygen atoms in total. The zero-order valence-electron chi connectivity index (χ0n) is 11.3. The van der Waals surface area contributed by atoms with Crippen LogP contribution in [0.15, 0.2) is 23.1 Å². The second-order valence-electron chi connectivity index (χ2n) is 5.06. The van der Waals surface area contributed by atoms with Crippen LogP contribution in [0.3, 0.4) is 0 Å². The lowest BCUT2D eigenvalue weighted by atomic mass is 10.0. The quantitative estimate of drug-likeness (QED) is 0.803. The molecule has 0 radical (unpaired) electrons. The van der Waals surface area contributed by atoms with Crippen LogP contribution in [0, 0.1) is 5.92 Å². The average Bonchev–Trinajstić information content (AvgIpc) is 2.46. The van der Waals surface area contributed by atoms with Gasteiger partial charge in [0, 0.05) is 25.3 Å². The summed E-state index contributed by atoms with van der Waals surface area (Å²) in [5.41, 5.74) is 6.03. The van der Waals surface area contributed by atoms with E-state index < -0.39 is 10.0 Å². The molecule has 1 atom stereocenters. The number of sulfonamides is 1. The standard InChI is InChI=1S/C13H17ClN2O3S2/c14-11-6-10(13(15)20)3-4-12(11)21(18,19)16-5-1-2-9(7-16)8-17/h3-4,6,9,17H,1-2,5,7-8H2,(H2,15,20). The highest BCUT2D eigenvalue weighted by Gasteiger charge is 2.31. The van der Waals surface area contributed by atoms with Gasteiger partial charge in [-0.15, -0.1) is 0 Å². The topological polar surface area (TPSA) is 83.6 Å². The van der Waals surface area contributed by atoms with E-state index in [1.165, 1.54) is 16.4 Å². The van der Waals surface area contributed by atoms with Crippen LogP contribution in [0.25, 0.3) is 0 Å². The smallest absolute Gasteiger partial charge is 0.244 e. The summed E-state index contributed by atoms with van der Waals surface area (Å²) < 4.78 is 26.7. The molecule has 0 aliphatic carbocycles. The first kappa shape index (κ1) is 16.6. The van der Waals surface area contributed by atoms with Crippen molar-refractivity contribution in [1.82, 2.24) is 4.31 Å². The summed E-state index contributed by atoms with van der Waals surface area (Å²) in [6.07, 6.45) is 1.56. The van der Waals surface area contributed by atoms with Gasteiger partial charge in [0.25, 0.3) is 0 Å². The lowest BCUT2D eigenvalue weighted by Crippen LogP contribution is -2.41. The van der Waals surface area contributed by atoms with Crippen molar-refractivity contribution in [3.63, 3.8) is 0 Å². The van der Waals surface area contributed by atoms with E-state index in [0.29, 0.717) is 18.7 Å². The zero-order chi connectivity index (χ0) is 15.6. The van der Waals surface area contributed by atoms with Crippen LogP contribution in [-0.4, -0.2) is 42.5 Å². The molecule has 1 aliphatic rings. The molecule has 116 valence electrons. The first-order chi connectivity index (χ1) is 9.86. The number of nitrogens with two attached hydrogens (primary N) is 1. The fourth-order valence-corrected chi connectivity index (χ4v) is 4.60. The van der Waals surface area contributed by atoms with Crippen LogP contribution >= 0.6 is 23.8 Å². The van der Waals surface area contributed by atoms with Gasteiger partial charge in [-0.3, -0.25) is 0 Å². The Bertz CT molecular complexity index is 649. The van der Waals surface area contributed by atoms with Gasteiger partial charge in [-0.05, 0) is 30.9 Å².